The predicted octanol–water partition coefficient (Wildman–Crippen LogP) is 2.87. The molecule has 0 aromatic heterocycles. The summed E-state index contributed by atoms with van der Waals surface area (Å²) in [6.45, 7) is 7.90. The fourth-order valence-electron chi connectivity index (χ4n) is 1.66. The molecule has 0 aliphatic heterocycles. The van der Waals surface area contributed by atoms with Gasteiger partial charge in [-0.25, -0.2) is 9.38 Å². The molecule has 0 radical (unpaired) electrons. The van der Waals surface area contributed by atoms with E-state index in [2.05, 4.69) is 4.99 Å². The molecule has 1 atom stereocenters. The summed E-state index contributed by atoms with van der Waals surface area (Å²) in [5, 5.41) is 0. The lowest BCUT2D eigenvalue weighted by molar-refractivity contribution is 0.219. The van der Waals surface area contributed by atoms with Gasteiger partial charge in [0.15, 0.2) is 17.5 Å². The number of aliphatic imine (C=N–C) groups is 1. The number of hydrogen-bond acceptors (Lipinski definition) is 2. The van der Waals surface area contributed by atoms with Crippen molar-refractivity contribution < 1.29 is 9.13 Å². The summed E-state index contributed by atoms with van der Waals surface area (Å²) in [6.07, 6.45) is -0.231. The number of para-hydroxylation sites is 1. The Labute approximate surface area is 137 Å². The summed E-state index contributed by atoms with van der Waals surface area (Å²) < 4.78 is 18.9. The molecule has 0 aliphatic carbocycles. The van der Waals surface area contributed by atoms with Crippen molar-refractivity contribution in [3.63, 3.8) is 0 Å². The molecule has 1 unspecified atom stereocenters. The first-order chi connectivity index (χ1) is 9.08. The van der Waals surface area contributed by atoms with Crippen LogP contribution < -0.4 is 10.5 Å². The second-order valence-corrected chi connectivity index (χ2v) is 4.23. The third-order valence-electron chi connectivity index (χ3n) is 2.76. The molecule has 20 heavy (non-hydrogen) atoms. The maximum absolute atomic E-state index is 13.4. The highest BCUT2D eigenvalue weighted by Crippen LogP contribution is 2.16. The molecule has 0 amide bonds. The van der Waals surface area contributed by atoms with Gasteiger partial charge in [-0.15, -0.1) is 24.0 Å². The number of ether oxygens (including phenoxy) is 1. The summed E-state index contributed by atoms with van der Waals surface area (Å²) in [4.78, 5) is 6.22. The highest BCUT2D eigenvalue weighted by molar-refractivity contribution is 14.0. The largest absolute Gasteiger partial charge is 0.486 e. The van der Waals surface area contributed by atoms with Gasteiger partial charge in [0.2, 0.25) is 0 Å². The van der Waals surface area contributed by atoms with Gasteiger partial charge in [0.1, 0.15) is 6.10 Å². The van der Waals surface area contributed by atoms with Gasteiger partial charge in [0.25, 0.3) is 0 Å². The van der Waals surface area contributed by atoms with Crippen molar-refractivity contribution in [3.8, 4) is 5.75 Å². The lowest BCUT2D eigenvalue weighted by atomic mass is 10.3. The van der Waals surface area contributed by atoms with Crippen molar-refractivity contribution in [2.75, 3.05) is 19.6 Å². The normalized spacial score (nSPS) is 12.5. The molecule has 0 saturated heterocycles. The molecule has 1 aromatic carbocycles. The molecule has 0 heterocycles. The summed E-state index contributed by atoms with van der Waals surface area (Å²) in [5.41, 5.74) is 5.86. The van der Waals surface area contributed by atoms with Crippen LogP contribution in [0.25, 0.3) is 0 Å². The van der Waals surface area contributed by atoms with E-state index in [1.54, 1.807) is 18.2 Å². The Morgan fingerprint density at radius 3 is 2.50 bits per heavy atom. The number of rotatable bonds is 6. The van der Waals surface area contributed by atoms with Crippen LogP contribution in [0.5, 0.6) is 5.75 Å². The average Bonchev–Trinajstić information content (AvgIpc) is 2.40. The first kappa shape index (κ1) is 18.9. The van der Waals surface area contributed by atoms with Crippen LogP contribution in [0.15, 0.2) is 29.3 Å². The quantitative estimate of drug-likeness (QED) is 0.458. The maximum Gasteiger partial charge on any atom is 0.191 e. The van der Waals surface area contributed by atoms with Crippen LogP contribution in [0.4, 0.5) is 4.39 Å². The third kappa shape index (κ3) is 5.94. The highest BCUT2D eigenvalue weighted by Gasteiger charge is 2.08. The van der Waals surface area contributed by atoms with Gasteiger partial charge < -0.3 is 15.4 Å². The Morgan fingerprint density at radius 1 is 1.35 bits per heavy atom. The van der Waals surface area contributed by atoms with Crippen molar-refractivity contribution in [2.24, 2.45) is 10.7 Å². The number of hydrogen-bond donors (Lipinski definition) is 1. The Kier molecular flexibility index (Phi) is 9.28. The highest BCUT2D eigenvalue weighted by atomic mass is 127. The molecule has 6 heteroatoms. The SMILES string of the molecule is CCN(CC)C(N)=NCC(C)Oc1ccccc1F.I. The maximum atomic E-state index is 13.4. The van der Waals surface area contributed by atoms with Gasteiger partial charge in [0.05, 0.1) is 6.54 Å². The van der Waals surface area contributed by atoms with Crippen LogP contribution in [0.1, 0.15) is 20.8 Å². The van der Waals surface area contributed by atoms with Crippen LogP contribution >= 0.6 is 24.0 Å². The zero-order chi connectivity index (χ0) is 14.3. The molecule has 1 rings (SSSR count). The molecule has 0 aliphatic rings. The molecule has 1 aromatic rings. The molecule has 0 spiro atoms. The minimum absolute atomic E-state index is 0. The molecular weight excluding hydrogens is 372 g/mol. The van der Waals surface area contributed by atoms with Crippen molar-refractivity contribution in [1.29, 1.82) is 0 Å². The predicted molar refractivity (Wildman–Crippen MR) is 91.3 cm³/mol. The molecular formula is C14H23FIN3O. The van der Waals surface area contributed by atoms with E-state index in [9.17, 15) is 4.39 Å². The van der Waals surface area contributed by atoms with E-state index >= 15 is 0 Å². The summed E-state index contributed by atoms with van der Waals surface area (Å²) >= 11 is 0. The van der Waals surface area contributed by atoms with E-state index in [0.29, 0.717) is 12.5 Å². The molecule has 2 N–H and O–H groups in total. The topological polar surface area (TPSA) is 50.8 Å². The number of nitrogens with two attached hydrogens (primary N) is 1. The van der Waals surface area contributed by atoms with Crippen molar-refractivity contribution in [3.05, 3.63) is 30.1 Å². The number of halogens is 2. The van der Waals surface area contributed by atoms with E-state index in [1.807, 2.05) is 25.7 Å². The summed E-state index contributed by atoms with van der Waals surface area (Å²) in [7, 11) is 0. The van der Waals surface area contributed by atoms with Gasteiger partial charge in [-0.2, -0.15) is 0 Å². The zero-order valence-corrected chi connectivity index (χ0v) is 14.5. The molecule has 114 valence electrons. The Bertz CT molecular complexity index is 425. The van der Waals surface area contributed by atoms with Crippen molar-refractivity contribution in [2.45, 2.75) is 26.9 Å². The summed E-state index contributed by atoms with van der Waals surface area (Å²) in [5.74, 6) is 0.371. The van der Waals surface area contributed by atoms with Crippen LogP contribution in [-0.2, 0) is 0 Å². The van der Waals surface area contributed by atoms with Gasteiger partial charge >= 0.3 is 0 Å². The van der Waals surface area contributed by atoms with Crippen molar-refractivity contribution in [1.82, 2.24) is 4.90 Å². The minimum atomic E-state index is -0.366. The van der Waals surface area contributed by atoms with E-state index in [1.165, 1.54) is 6.07 Å². The van der Waals surface area contributed by atoms with Crippen LogP contribution in [-0.4, -0.2) is 36.6 Å². The summed E-state index contributed by atoms with van der Waals surface area (Å²) in [6, 6.07) is 6.33. The minimum Gasteiger partial charge on any atom is -0.486 e. The van der Waals surface area contributed by atoms with Gasteiger partial charge in [-0.1, -0.05) is 12.1 Å². The number of benzene rings is 1. The number of guanidine groups is 1. The van der Waals surface area contributed by atoms with Crippen LogP contribution in [0, 0.1) is 5.82 Å². The Hall–Kier alpha value is -1.05. The van der Waals surface area contributed by atoms with Gasteiger partial charge in [-0.05, 0) is 32.9 Å². The fraction of sp³-hybridized carbons (Fsp3) is 0.500. The zero-order valence-electron chi connectivity index (χ0n) is 12.2. The molecule has 0 fully saturated rings. The number of nitrogens with zero attached hydrogens (tertiary/aromatic N) is 2. The second-order valence-electron chi connectivity index (χ2n) is 4.23. The fourth-order valence-corrected chi connectivity index (χ4v) is 1.66. The lowest BCUT2D eigenvalue weighted by Crippen LogP contribution is -2.37. The van der Waals surface area contributed by atoms with Gasteiger partial charge in [-0.3, -0.25) is 0 Å². The van der Waals surface area contributed by atoms with Crippen LogP contribution in [0.2, 0.25) is 0 Å². The molecule has 0 saturated carbocycles. The monoisotopic (exact) mass is 395 g/mol. The Morgan fingerprint density at radius 2 is 1.95 bits per heavy atom. The molecule has 0 bridgehead atoms. The molecule has 4 nitrogen and oxygen atoms in total. The van der Waals surface area contributed by atoms with Crippen molar-refractivity contribution >= 4 is 29.9 Å². The standard InChI is InChI=1S/C14H22FN3O.HI/c1-4-18(5-2)14(16)17-10-11(3)19-13-9-7-6-8-12(13)15;/h6-9,11H,4-5,10H2,1-3H3,(H2,16,17);1H. The third-order valence-corrected chi connectivity index (χ3v) is 2.76. The first-order valence-corrected chi connectivity index (χ1v) is 6.54. The van der Waals surface area contributed by atoms with E-state index in [4.69, 9.17) is 10.5 Å². The van der Waals surface area contributed by atoms with E-state index in [0.717, 1.165) is 13.1 Å². The lowest BCUT2D eigenvalue weighted by Gasteiger charge is -2.20. The first-order valence-electron chi connectivity index (χ1n) is 6.54. The van der Waals surface area contributed by atoms with E-state index in [-0.39, 0.29) is 41.6 Å². The smallest absolute Gasteiger partial charge is 0.191 e. The second kappa shape index (κ2) is 9.79. The Balaban J connectivity index is 0.00000361. The van der Waals surface area contributed by atoms with Crippen LogP contribution in [0.3, 0.4) is 0 Å². The average molecular weight is 395 g/mol. The van der Waals surface area contributed by atoms with E-state index < -0.39 is 0 Å². The van der Waals surface area contributed by atoms with Gasteiger partial charge in [0, 0.05) is 13.1 Å².